The fourth-order valence-electron chi connectivity index (χ4n) is 3.46. The minimum absolute atomic E-state index is 0.0122. The Labute approximate surface area is 203 Å². The summed E-state index contributed by atoms with van der Waals surface area (Å²) in [6.45, 7) is -0.652. The number of halogens is 6. The van der Waals surface area contributed by atoms with E-state index >= 15 is 0 Å². The Morgan fingerprint density at radius 2 is 1.62 bits per heavy atom. The fourth-order valence-corrected chi connectivity index (χ4v) is 4.94. The van der Waals surface area contributed by atoms with Crippen LogP contribution in [0.1, 0.15) is 6.04 Å². The maximum Gasteiger partial charge on any atom is 0.194 e. The van der Waals surface area contributed by atoms with Gasteiger partial charge in [-0.1, -0.05) is 40.2 Å². The maximum atomic E-state index is 14.4. The third-order valence-electron chi connectivity index (χ3n) is 5.16. The second kappa shape index (κ2) is 9.97. The lowest BCUT2D eigenvalue weighted by molar-refractivity contribution is -0.178. The molecule has 1 saturated heterocycles. The highest BCUT2D eigenvalue weighted by Gasteiger charge is 2.46. The molecule has 1 fully saturated rings. The quantitative estimate of drug-likeness (QED) is 0.259. The van der Waals surface area contributed by atoms with Gasteiger partial charge in [-0.05, 0) is 24.3 Å². The average molecular weight is 540 g/mol. The van der Waals surface area contributed by atoms with Gasteiger partial charge in [0.1, 0.15) is 41.3 Å². The first-order valence-electron chi connectivity index (χ1n) is 9.61. The van der Waals surface area contributed by atoms with Crippen LogP contribution in [0.3, 0.4) is 0 Å². The van der Waals surface area contributed by atoms with Crippen molar-refractivity contribution in [2.75, 3.05) is 6.61 Å². The van der Waals surface area contributed by atoms with Crippen molar-refractivity contribution < 1.29 is 37.6 Å². The number of thioether (sulfide) groups is 1. The van der Waals surface area contributed by atoms with Gasteiger partial charge >= 0.3 is 0 Å². The fraction of sp³-hybridized carbons (Fsp3) is 0.300. The largest absolute Gasteiger partial charge is 0.394 e. The molecule has 3 N–H and O–H groups in total. The van der Waals surface area contributed by atoms with Gasteiger partial charge < -0.3 is 20.1 Å². The first-order chi connectivity index (χ1) is 16.1. The SMILES string of the molecule is OC[C@H]1O[C@H](Sc2cc(Cl)c(Cl)cc2F)[C@H](O)[C@@H](n2cc(-c3cc(F)c(F)c(F)c3)nn2)[C@H]1O. The number of nitrogens with zero attached hydrogens (tertiary/aromatic N) is 3. The van der Waals surface area contributed by atoms with Crippen molar-refractivity contribution in [1.82, 2.24) is 15.0 Å². The standard InChI is InChI=1S/C20H15Cl2F4N3O4S/c21-8-3-10(23)15(4-9(8)22)34-20-19(32)17(18(31)14(6-30)33-20)29-5-13(27-28-29)7-1-11(24)16(26)12(25)2-7/h1-5,14,17-20,30-32H,6H2/t14-,17+,18+,19-,20-/m1/s1. The predicted octanol–water partition coefficient (Wildman–Crippen LogP) is 3.58. The predicted molar refractivity (Wildman–Crippen MR) is 114 cm³/mol. The van der Waals surface area contributed by atoms with Crippen molar-refractivity contribution in [3.8, 4) is 11.3 Å². The number of hydrogen-bond acceptors (Lipinski definition) is 7. The van der Waals surface area contributed by atoms with E-state index in [-0.39, 0.29) is 26.2 Å². The minimum atomic E-state index is -1.65. The Morgan fingerprint density at radius 3 is 2.26 bits per heavy atom. The number of benzene rings is 2. The summed E-state index contributed by atoms with van der Waals surface area (Å²) in [6, 6.07) is 2.39. The van der Waals surface area contributed by atoms with Crippen LogP contribution in [0.5, 0.6) is 0 Å². The number of hydrogen-bond donors (Lipinski definition) is 3. The molecule has 182 valence electrons. The summed E-state index contributed by atoms with van der Waals surface area (Å²) in [5.41, 5.74) is -1.42. The lowest BCUT2D eigenvalue weighted by Crippen LogP contribution is -2.55. The summed E-state index contributed by atoms with van der Waals surface area (Å²) in [6.07, 6.45) is -3.05. The molecule has 1 aromatic heterocycles. The van der Waals surface area contributed by atoms with Gasteiger partial charge in [0.25, 0.3) is 0 Å². The van der Waals surface area contributed by atoms with Crippen LogP contribution in [-0.4, -0.2) is 60.7 Å². The van der Waals surface area contributed by atoms with Crippen molar-refractivity contribution in [2.24, 2.45) is 0 Å². The van der Waals surface area contributed by atoms with Crippen molar-refractivity contribution in [2.45, 2.75) is 34.7 Å². The number of aliphatic hydroxyl groups excluding tert-OH is 3. The van der Waals surface area contributed by atoms with Gasteiger partial charge in [0.05, 0.1) is 22.8 Å². The topological polar surface area (TPSA) is 101 Å². The van der Waals surface area contributed by atoms with Crippen molar-refractivity contribution in [3.05, 3.63) is 63.8 Å². The van der Waals surface area contributed by atoms with E-state index in [1.807, 2.05) is 0 Å². The summed E-state index contributed by atoms with van der Waals surface area (Å²) in [4.78, 5) is -0.0122. The van der Waals surface area contributed by atoms with Crippen LogP contribution >= 0.6 is 35.0 Å². The van der Waals surface area contributed by atoms with Crippen LogP contribution in [-0.2, 0) is 4.74 Å². The minimum Gasteiger partial charge on any atom is -0.394 e. The highest BCUT2D eigenvalue weighted by Crippen LogP contribution is 2.40. The summed E-state index contributed by atoms with van der Waals surface area (Å²) in [5, 5.41) is 38.8. The van der Waals surface area contributed by atoms with E-state index in [1.54, 1.807) is 0 Å². The van der Waals surface area contributed by atoms with Crippen LogP contribution in [0.2, 0.25) is 10.0 Å². The molecule has 0 radical (unpaired) electrons. The Balaban J connectivity index is 1.65. The number of rotatable bonds is 5. The highest BCUT2D eigenvalue weighted by atomic mass is 35.5. The monoisotopic (exact) mass is 539 g/mol. The van der Waals surface area contributed by atoms with Gasteiger partial charge in [-0.15, -0.1) is 5.10 Å². The van der Waals surface area contributed by atoms with E-state index < -0.39 is 59.7 Å². The Bertz CT molecular complexity index is 1200. The summed E-state index contributed by atoms with van der Waals surface area (Å²) in [7, 11) is 0. The first kappa shape index (κ1) is 25.2. The van der Waals surface area contributed by atoms with E-state index in [9.17, 15) is 32.9 Å². The molecule has 0 saturated carbocycles. The van der Waals surface area contributed by atoms with Crippen molar-refractivity contribution >= 4 is 35.0 Å². The molecule has 3 aromatic rings. The molecule has 0 aliphatic carbocycles. The molecule has 1 aliphatic heterocycles. The van der Waals surface area contributed by atoms with Crippen LogP contribution < -0.4 is 0 Å². The van der Waals surface area contributed by atoms with Crippen LogP contribution in [0.15, 0.2) is 35.4 Å². The third kappa shape index (κ3) is 4.76. The third-order valence-corrected chi connectivity index (χ3v) is 7.07. The molecule has 34 heavy (non-hydrogen) atoms. The van der Waals surface area contributed by atoms with Crippen molar-refractivity contribution in [1.29, 1.82) is 0 Å². The molecule has 2 aromatic carbocycles. The molecule has 4 rings (SSSR count). The second-order valence-electron chi connectivity index (χ2n) is 7.35. The molecule has 14 heteroatoms. The van der Waals surface area contributed by atoms with Gasteiger partial charge in [0.15, 0.2) is 17.5 Å². The molecule has 7 nitrogen and oxygen atoms in total. The van der Waals surface area contributed by atoms with Gasteiger partial charge in [-0.2, -0.15) is 0 Å². The molecule has 0 bridgehead atoms. The van der Waals surface area contributed by atoms with E-state index in [0.29, 0.717) is 12.1 Å². The van der Waals surface area contributed by atoms with E-state index in [4.69, 9.17) is 27.9 Å². The Morgan fingerprint density at radius 1 is 0.971 bits per heavy atom. The van der Waals surface area contributed by atoms with Crippen LogP contribution in [0.25, 0.3) is 11.3 Å². The molecule has 1 aliphatic rings. The number of aliphatic hydroxyl groups is 3. The van der Waals surface area contributed by atoms with Gasteiger partial charge in [-0.25, -0.2) is 22.2 Å². The normalized spacial score (nSPS) is 25.0. The summed E-state index contributed by atoms with van der Waals surface area (Å²) in [5.74, 6) is -5.25. The smallest absolute Gasteiger partial charge is 0.194 e. The molecular formula is C20H15Cl2F4N3O4S. The first-order valence-corrected chi connectivity index (χ1v) is 11.2. The lowest BCUT2D eigenvalue weighted by atomic mass is 9.97. The Hall–Kier alpha value is -1.93. The van der Waals surface area contributed by atoms with Gasteiger partial charge in [-0.3, -0.25) is 0 Å². The van der Waals surface area contributed by atoms with Gasteiger partial charge in [0.2, 0.25) is 0 Å². The van der Waals surface area contributed by atoms with Gasteiger partial charge in [0, 0.05) is 10.5 Å². The Kier molecular flexibility index (Phi) is 7.38. The number of ether oxygens (including phenoxy) is 1. The molecule has 2 heterocycles. The summed E-state index contributed by atoms with van der Waals surface area (Å²) < 4.78 is 61.4. The maximum absolute atomic E-state index is 14.4. The second-order valence-corrected chi connectivity index (χ2v) is 9.30. The molecular weight excluding hydrogens is 525 g/mol. The van der Waals surface area contributed by atoms with Crippen LogP contribution in [0.4, 0.5) is 17.6 Å². The molecule has 5 atom stereocenters. The lowest BCUT2D eigenvalue weighted by Gasteiger charge is -2.41. The van der Waals surface area contributed by atoms with E-state index in [1.165, 1.54) is 12.3 Å². The van der Waals surface area contributed by atoms with E-state index in [0.717, 1.165) is 22.5 Å². The number of aromatic nitrogens is 3. The highest BCUT2D eigenvalue weighted by molar-refractivity contribution is 7.99. The zero-order chi connectivity index (χ0) is 24.7. The van der Waals surface area contributed by atoms with E-state index in [2.05, 4.69) is 10.3 Å². The van der Waals surface area contributed by atoms with Crippen molar-refractivity contribution in [3.63, 3.8) is 0 Å². The zero-order valence-electron chi connectivity index (χ0n) is 16.7. The zero-order valence-corrected chi connectivity index (χ0v) is 19.1. The molecule has 0 amide bonds. The molecule has 0 spiro atoms. The summed E-state index contributed by atoms with van der Waals surface area (Å²) >= 11 is 12.5. The molecule has 0 unspecified atom stereocenters. The van der Waals surface area contributed by atoms with Crippen LogP contribution in [0, 0.1) is 23.3 Å². The average Bonchev–Trinajstić information content (AvgIpc) is 3.27.